The van der Waals surface area contributed by atoms with Gasteiger partial charge < -0.3 is 5.32 Å². The van der Waals surface area contributed by atoms with E-state index in [0.717, 1.165) is 36.9 Å². The summed E-state index contributed by atoms with van der Waals surface area (Å²) in [6.45, 7) is 6.43. The first-order valence-corrected chi connectivity index (χ1v) is 13.9. The van der Waals surface area contributed by atoms with Crippen LogP contribution in [0, 0.1) is 5.92 Å². The third-order valence-corrected chi connectivity index (χ3v) is 9.30. The van der Waals surface area contributed by atoms with E-state index in [4.69, 9.17) is 0 Å². The Kier molecular flexibility index (Phi) is 7.75. The largest absolute Gasteiger partial charge is 0.352 e. The number of amides is 1. The van der Waals surface area contributed by atoms with Crippen LogP contribution in [0.2, 0.25) is 0 Å². The zero-order valence-corrected chi connectivity index (χ0v) is 21.4. The fourth-order valence-corrected chi connectivity index (χ4v) is 6.40. The second-order valence-corrected chi connectivity index (χ2v) is 11.9. The van der Waals surface area contributed by atoms with Crippen LogP contribution in [0.25, 0.3) is 0 Å². The highest BCUT2D eigenvalue weighted by Gasteiger charge is 2.32. The van der Waals surface area contributed by atoms with E-state index in [2.05, 4.69) is 43.2 Å². The minimum atomic E-state index is -3.52. The van der Waals surface area contributed by atoms with Crippen molar-refractivity contribution in [2.45, 2.75) is 70.0 Å². The van der Waals surface area contributed by atoms with Gasteiger partial charge in [-0.1, -0.05) is 30.3 Å². The van der Waals surface area contributed by atoms with Crippen LogP contribution in [0.5, 0.6) is 0 Å². The molecular weight excluding hydrogens is 446 g/mol. The van der Waals surface area contributed by atoms with E-state index < -0.39 is 10.0 Å². The zero-order chi connectivity index (χ0) is 24.3. The summed E-state index contributed by atoms with van der Waals surface area (Å²) in [5, 5.41) is 3.10. The summed E-state index contributed by atoms with van der Waals surface area (Å²) < 4.78 is 27.9. The van der Waals surface area contributed by atoms with Gasteiger partial charge in [0.25, 0.3) is 0 Å². The number of carbonyl (C=O) groups is 1. The monoisotopic (exact) mass is 483 g/mol. The molecule has 0 atom stereocenters. The topological polar surface area (TPSA) is 69.7 Å². The summed E-state index contributed by atoms with van der Waals surface area (Å²) in [6.07, 6.45) is 4.19. The van der Waals surface area contributed by atoms with E-state index in [-0.39, 0.29) is 11.8 Å². The molecule has 2 aromatic rings. The standard InChI is InChI=1S/C27H37N3O3S/c1-20(2)29(3)19-25-8-5-4-7-24(25)18-28-27(31)22-13-15-30(16-14-22)34(32,33)26-12-11-21-9-6-10-23(21)17-26/h4-5,7-8,11-12,17,20,22H,6,9-10,13-16,18-19H2,1-3H3,(H,28,31). The van der Waals surface area contributed by atoms with Crippen LogP contribution < -0.4 is 5.32 Å². The molecule has 7 heteroatoms. The van der Waals surface area contributed by atoms with Crippen LogP contribution in [0.15, 0.2) is 47.4 Å². The number of sulfonamides is 1. The molecular formula is C27H37N3O3S. The van der Waals surface area contributed by atoms with E-state index in [1.807, 2.05) is 24.3 Å². The van der Waals surface area contributed by atoms with E-state index in [9.17, 15) is 13.2 Å². The maximum atomic E-state index is 13.2. The third-order valence-electron chi connectivity index (χ3n) is 7.41. The molecule has 1 aliphatic carbocycles. The predicted molar refractivity (Wildman–Crippen MR) is 135 cm³/mol. The van der Waals surface area contributed by atoms with Gasteiger partial charge in [-0.25, -0.2) is 8.42 Å². The third kappa shape index (κ3) is 5.53. The molecule has 1 heterocycles. The van der Waals surface area contributed by atoms with Crippen LogP contribution in [0.4, 0.5) is 0 Å². The molecule has 0 radical (unpaired) electrons. The quantitative estimate of drug-likeness (QED) is 0.621. The number of nitrogens with zero attached hydrogens (tertiary/aromatic N) is 2. The average molecular weight is 484 g/mol. The van der Waals surface area contributed by atoms with Crippen LogP contribution in [0.3, 0.4) is 0 Å². The molecule has 1 N–H and O–H groups in total. The number of carbonyl (C=O) groups excluding carboxylic acids is 1. The average Bonchev–Trinajstić information content (AvgIpc) is 3.31. The van der Waals surface area contributed by atoms with Gasteiger partial charge in [0, 0.05) is 38.1 Å². The second-order valence-electron chi connectivity index (χ2n) is 9.96. The minimum Gasteiger partial charge on any atom is -0.352 e. The van der Waals surface area contributed by atoms with Gasteiger partial charge in [-0.15, -0.1) is 0 Å². The van der Waals surface area contributed by atoms with E-state index in [1.54, 1.807) is 10.4 Å². The van der Waals surface area contributed by atoms with Crippen molar-refractivity contribution in [2.75, 3.05) is 20.1 Å². The summed E-state index contributed by atoms with van der Waals surface area (Å²) in [5.41, 5.74) is 4.77. The molecule has 0 bridgehead atoms. The van der Waals surface area contributed by atoms with Gasteiger partial charge in [-0.2, -0.15) is 4.31 Å². The number of hydrogen-bond donors (Lipinski definition) is 1. The Morgan fingerprint density at radius 2 is 1.74 bits per heavy atom. The fourth-order valence-electron chi connectivity index (χ4n) is 4.88. The Balaban J connectivity index is 1.32. The van der Waals surface area contributed by atoms with Gasteiger partial charge >= 0.3 is 0 Å². The number of fused-ring (bicyclic) bond motifs is 1. The van der Waals surface area contributed by atoms with Crippen molar-refractivity contribution in [3.8, 4) is 0 Å². The molecule has 2 aliphatic rings. The number of rotatable bonds is 8. The van der Waals surface area contributed by atoms with Gasteiger partial charge in [0.2, 0.25) is 15.9 Å². The molecule has 1 aliphatic heterocycles. The molecule has 1 amide bonds. The fraction of sp³-hybridized carbons (Fsp3) is 0.519. The molecule has 6 nitrogen and oxygen atoms in total. The summed E-state index contributed by atoms with van der Waals surface area (Å²) in [6, 6.07) is 14.2. The van der Waals surface area contributed by atoms with Gasteiger partial charge in [-0.3, -0.25) is 9.69 Å². The Morgan fingerprint density at radius 1 is 1.06 bits per heavy atom. The number of piperidine rings is 1. The molecule has 2 aromatic carbocycles. The minimum absolute atomic E-state index is 0.0154. The van der Waals surface area contributed by atoms with Gasteiger partial charge in [0.05, 0.1) is 4.90 Å². The van der Waals surface area contributed by atoms with Crippen LogP contribution in [-0.2, 0) is 40.7 Å². The van der Waals surface area contributed by atoms with Crippen molar-refractivity contribution in [1.82, 2.24) is 14.5 Å². The van der Waals surface area contributed by atoms with Gasteiger partial charge in [0.1, 0.15) is 0 Å². The van der Waals surface area contributed by atoms with E-state index in [1.165, 1.54) is 11.1 Å². The molecule has 184 valence electrons. The number of benzene rings is 2. The first kappa shape index (κ1) is 24.9. The van der Waals surface area contributed by atoms with Crippen LogP contribution in [0.1, 0.15) is 55.4 Å². The Hall–Kier alpha value is -2.22. The molecule has 1 saturated heterocycles. The molecule has 0 unspecified atom stereocenters. The lowest BCUT2D eigenvalue weighted by molar-refractivity contribution is -0.126. The molecule has 0 spiro atoms. The Bertz CT molecular complexity index is 1120. The second kappa shape index (κ2) is 10.6. The highest BCUT2D eigenvalue weighted by Crippen LogP contribution is 2.28. The van der Waals surface area contributed by atoms with Crippen molar-refractivity contribution >= 4 is 15.9 Å². The lowest BCUT2D eigenvalue weighted by Gasteiger charge is -2.30. The number of aryl methyl sites for hydroxylation is 2. The highest BCUT2D eigenvalue weighted by atomic mass is 32.2. The van der Waals surface area contributed by atoms with Gasteiger partial charge in [0.15, 0.2) is 0 Å². The van der Waals surface area contributed by atoms with Crippen molar-refractivity contribution in [1.29, 1.82) is 0 Å². The first-order chi connectivity index (χ1) is 16.3. The summed E-state index contributed by atoms with van der Waals surface area (Å²) in [5.74, 6) is -0.140. The molecule has 4 rings (SSSR count). The summed E-state index contributed by atoms with van der Waals surface area (Å²) in [4.78, 5) is 15.5. The maximum Gasteiger partial charge on any atom is 0.243 e. The first-order valence-electron chi connectivity index (χ1n) is 12.4. The smallest absolute Gasteiger partial charge is 0.243 e. The SMILES string of the molecule is CC(C)N(C)Cc1ccccc1CNC(=O)C1CCN(S(=O)(=O)c2ccc3c(c2)CCC3)CC1. The molecule has 1 fully saturated rings. The van der Waals surface area contributed by atoms with Crippen molar-refractivity contribution in [3.63, 3.8) is 0 Å². The highest BCUT2D eigenvalue weighted by molar-refractivity contribution is 7.89. The molecule has 34 heavy (non-hydrogen) atoms. The summed E-state index contributed by atoms with van der Waals surface area (Å²) >= 11 is 0. The van der Waals surface area contributed by atoms with Crippen molar-refractivity contribution in [3.05, 3.63) is 64.7 Å². The van der Waals surface area contributed by atoms with Gasteiger partial charge in [-0.05, 0) is 87.4 Å². The number of hydrogen-bond acceptors (Lipinski definition) is 4. The van der Waals surface area contributed by atoms with E-state index in [0.29, 0.717) is 43.4 Å². The maximum absolute atomic E-state index is 13.2. The van der Waals surface area contributed by atoms with Crippen molar-refractivity contribution < 1.29 is 13.2 Å². The zero-order valence-electron chi connectivity index (χ0n) is 20.6. The Labute approximate surface area is 204 Å². The Morgan fingerprint density at radius 3 is 2.44 bits per heavy atom. The number of nitrogens with one attached hydrogen (secondary N) is 1. The lowest BCUT2D eigenvalue weighted by Crippen LogP contribution is -2.43. The predicted octanol–water partition coefficient (Wildman–Crippen LogP) is 3.73. The van der Waals surface area contributed by atoms with Crippen LogP contribution in [-0.4, -0.2) is 49.7 Å². The normalized spacial score (nSPS) is 17.3. The summed E-state index contributed by atoms with van der Waals surface area (Å²) in [7, 11) is -1.41. The lowest BCUT2D eigenvalue weighted by atomic mass is 9.97. The van der Waals surface area contributed by atoms with Crippen LogP contribution >= 0.6 is 0 Å². The molecule has 0 saturated carbocycles. The van der Waals surface area contributed by atoms with E-state index >= 15 is 0 Å². The molecule has 0 aromatic heterocycles. The van der Waals surface area contributed by atoms with Crippen molar-refractivity contribution in [2.24, 2.45) is 5.92 Å².